The van der Waals surface area contributed by atoms with Crippen molar-refractivity contribution in [1.29, 1.82) is 0 Å². The van der Waals surface area contributed by atoms with Crippen molar-refractivity contribution < 1.29 is 28.6 Å². The fraction of sp³-hybridized carbons (Fsp3) is 0.531. The average Bonchev–Trinajstić information content (AvgIpc) is 3.64. The van der Waals surface area contributed by atoms with Crippen LogP contribution < -0.4 is 20.1 Å². The number of ether oxygens (including phenoxy) is 3. The number of thiophene rings is 1. The highest BCUT2D eigenvalue weighted by molar-refractivity contribution is 8.00. The second kappa shape index (κ2) is 15.1. The van der Waals surface area contributed by atoms with Crippen molar-refractivity contribution in [3.63, 3.8) is 0 Å². The van der Waals surface area contributed by atoms with Crippen molar-refractivity contribution >= 4 is 45.9 Å². The molecule has 0 bridgehead atoms. The number of carbonyl (C=O) groups excluding carboxylic acids is 3. The third-order valence-corrected chi connectivity index (χ3v) is 10.5. The maximum atomic E-state index is 13.5. The summed E-state index contributed by atoms with van der Waals surface area (Å²) < 4.78 is 18.1. The number of fused-ring (bicyclic) bond motifs is 1. The summed E-state index contributed by atoms with van der Waals surface area (Å²) in [6, 6.07) is 5.19. The van der Waals surface area contributed by atoms with Crippen molar-refractivity contribution in [2.45, 2.75) is 94.6 Å². The molecule has 2 aliphatic rings. The van der Waals surface area contributed by atoms with Gasteiger partial charge in [-0.2, -0.15) is 0 Å². The average molecular weight is 656 g/mol. The number of aryl methyl sites for hydroxylation is 1. The summed E-state index contributed by atoms with van der Waals surface area (Å²) in [5, 5.41) is 15.6. The minimum Gasteiger partial charge on any atom is -0.493 e. The van der Waals surface area contributed by atoms with Crippen LogP contribution in [0.2, 0.25) is 0 Å². The number of methoxy groups -OCH3 is 2. The van der Waals surface area contributed by atoms with Gasteiger partial charge < -0.3 is 29.4 Å². The SMILES string of the molecule is CCOC(=O)c1c(NC(=O)[C@@H](C)Sc2nnc(CNC(=O)c3ccc(OC)c(OC)c3)n2C2CCCCC2)sc2c1CCCC2. The molecular formula is C32H41N5O6S2. The zero-order chi connectivity index (χ0) is 31.9. The van der Waals surface area contributed by atoms with Crippen molar-refractivity contribution in [3.05, 3.63) is 45.6 Å². The van der Waals surface area contributed by atoms with Crippen LogP contribution in [0.3, 0.4) is 0 Å². The molecule has 1 aromatic carbocycles. The number of nitrogens with zero attached hydrogens (tertiary/aromatic N) is 3. The molecule has 5 rings (SSSR count). The molecule has 0 unspecified atom stereocenters. The number of nitrogens with one attached hydrogen (secondary N) is 2. The van der Waals surface area contributed by atoms with Crippen molar-refractivity contribution in [1.82, 2.24) is 20.1 Å². The lowest BCUT2D eigenvalue weighted by molar-refractivity contribution is -0.115. The van der Waals surface area contributed by atoms with Gasteiger partial charge in [-0.15, -0.1) is 21.5 Å². The van der Waals surface area contributed by atoms with Crippen LogP contribution in [-0.2, 0) is 28.9 Å². The molecule has 2 amide bonds. The van der Waals surface area contributed by atoms with Gasteiger partial charge in [0.25, 0.3) is 5.91 Å². The van der Waals surface area contributed by atoms with Crippen molar-refractivity contribution in [2.75, 3.05) is 26.1 Å². The van der Waals surface area contributed by atoms with Gasteiger partial charge in [0.2, 0.25) is 5.91 Å². The van der Waals surface area contributed by atoms with E-state index >= 15 is 0 Å². The second-order valence-electron chi connectivity index (χ2n) is 11.2. The van der Waals surface area contributed by atoms with Crippen LogP contribution in [-0.4, -0.2) is 58.6 Å². The predicted molar refractivity (Wildman–Crippen MR) is 174 cm³/mol. The Hall–Kier alpha value is -3.58. The highest BCUT2D eigenvalue weighted by atomic mass is 32.2. The fourth-order valence-electron chi connectivity index (χ4n) is 5.95. The molecular weight excluding hydrogens is 615 g/mol. The molecule has 0 saturated heterocycles. The van der Waals surface area contributed by atoms with Gasteiger partial charge in [-0.3, -0.25) is 9.59 Å². The van der Waals surface area contributed by atoms with E-state index in [1.54, 1.807) is 32.2 Å². The molecule has 0 spiro atoms. The normalized spacial score (nSPS) is 15.6. The molecule has 0 radical (unpaired) electrons. The summed E-state index contributed by atoms with van der Waals surface area (Å²) in [4.78, 5) is 40.6. The number of benzene rings is 1. The van der Waals surface area contributed by atoms with Crippen LogP contribution in [0.1, 0.15) is 102 Å². The number of esters is 1. The van der Waals surface area contributed by atoms with Gasteiger partial charge in [-0.1, -0.05) is 31.0 Å². The Morgan fingerprint density at radius 2 is 1.80 bits per heavy atom. The molecule has 1 atom stereocenters. The number of thioether (sulfide) groups is 1. The monoisotopic (exact) mass is 655 g/mol. The van der Waals surface area contributed by atoms with Crippen LogP contribution in [0.25, 0.3) is 0 Å². The molecule has 45 heavy (non-hydrogen) atoms. The van der Waals surface area contributed by atoms with Crippen molar-refractivity contribution in [3.8, 4) is 11.5 Å². The first-order chi connectivity index (χ1) is 21.8. The van der Waals surface area contributed by atoms with Crippen molar-refractivity contribution in [2.24, 2.45) is 0 Å². The first-order valence-corrected chi connectivity index (χ1v) is 17.3. The lowest BCUT2D eigenvalue weighted by atomic mass is 9.95. The second-order valence-corrected chi connectivity index (χ2v) is 13.6. The van der Waals surface area contributed by atoms with E-state index in [9.17, 15) is 14.4 Å². The number of carbonyl (C=O) groups is 3. The Bertz CT molecular complexity index is 1530. The summed E-state index contributed by atoms with van der Waals surface area (Å²) in [7, 11) is 3.07. The third kappa shape index (κ3) is 7.46. The molecule has 242 valence electrons. The largest absolute Gasteiger partial charge is 0.493 e. The van der Waals surface area contributed by atoms with E-state index in [4.69, 9.17) is 14.2 Å². The number of hydrogen-bond donors (Lipinski definition) is 2. The Kier molecular flexibility index (Phi) is 11.0. The Morgan fingerprint density at radius 3 is 2.53 bits per heavy atom. The molecule has 3 aromatic rings. The zero-order valence-corrected chi connectivity index (χ0v) is 27.9. The van der Waals surface area contributed by atoms with E-state index in [1.807, 2.05) is 6.92 Å². The van der Waals surface area contributed by atoms with E-state index in [1.165, 1.54) is 36.6 Å². The first-order valence-electron chi connectivity index (χ1n) is 15.6. The van der Waals surface area contributed by atoms with E-state index in [0.717, 1.165) is 61.8 Å². The molecule has 2 aliphatic carbocycles. The van der Waals surface area contributed by atoms with Gasteiger partial charge in [0.15, 0.2) is 22.5 Å². The van der Waals surface area contributed by atoms with Crippen LogP contribution in [0, 0.1) is 0 Å². The van der Waals surface area contributed by atoms with Crippen LogP contribution in [0.4, 0.5) is 5.00 Å². The Balaban J connectivity index is 1.32. The first kappa shape index (κ1) is 32.8. The van der Waals surface area contributed by atoms with Crippen LogP contribution in [0.15, 0.2) is 23.4 Å². The third-order valence-electron chi connectivity index (χ3n) is 8.27. The standard InChI is InChI=1S/C32H41N5O6S2/c1-5-43-31(40)27-22-13-9-10-14-25(22)45-30(27)34-28(38)19(2)44-32-36-35-26(37(32)21-11-7-6-8-12-21)18-33-29(39)20-15-16-23(41-3)24(17-20)42-4/h15-17,19,21H,5-14,18H2,1-4H3,(H,33,39)(H,34,38)/t19-/m1/s1. The quantitative estimate of drug-likeness (QED) is 0.179. The zero-order valence-electron chi connectivity index (χ0n) is 26.3. The minimum absolute atomic E-state index is 0.180. The summed E-state index contributed by atoms with van der Waals surface area (Å²) in [6.07, 6.45) is 9.14. The molecule has 2 N–H and O–H groups in total. The van der Waals surface area contributed by atoms with Gasteiger partial charge >= 0.3 is 5.97 Å². The van der Waals surface area contributed by atoms with E-state index in [2.05, 4.69) is 25.4 Å². The maximum Gasteiger partial charge on any atom is 0.341 e. The number of anilines is 1. The van der Waals surface area contributed by atoms with Crippen LogP contribution in [0.5, 0.6) is 11.5 Å². The van der Waals surface area contributed by atoms with E-state index < -0.39 is 5.25 Å². The Labute approximate surface area is 271 Å². The summed E-state index contributed by atoms with van der Waals surface area (Å²) >= 11 is 2.81. The number of rotatable bonds is 12. The topological polar surface area (TPSA) is 134 Å². The maximum absolute atomic E-state index is 13.5. The number of hydrogen-bond acceptors (Lipinski definition) is 10. The smallest absolute Gasteiger partial charge is 0.341 e. The summed E-state index contributed by atoms with van der Waals surface area (Å²) in [5.41, 5.74) is 1.95. The van der Waals surface area contributed by atoms with Gasteiger partial charge in [-0.25, -0.2) is 4.79 Å². The fourth-order valence-corrected chi connectivity index (χ4v) is 8.17. The lowest BCUT2D eigenvalue weighted by Crippen LogP contribution is -2.27. The molecule has 1 saturated carbocycles. The van der Waals surface area contributed by atoms with Gasteiger partial charge in [-0.05, 0) is 76.1 Å². The van der Waals surface area contributed by atoms with Gasteiger partial charge in [0.1, 0.15) is 5.00 Å². The highest BCUT2D eigenvalue weighted by Crippen LogP contribution is 2.40. The Morgan fingerprint density at radius 1 is 1.04 bits per heavy atom. The molecule has 11 nitrogen and oxygen atoms in total. The van der Waals surface area contributed by atoms with Crippen LogP contribution >= 0.6 is 23.1 Å². The van der Waals surface area contributed by atoms with E-state index in [0.29, 0.717) is 38.6 Å². The summed E-state index contributed by atoms with van der Waals surface area (Å²) in [6.45, 7) is 4.07. The molecule has 2 aromatic heterocycles. The molecule has 0 aliphatic heterocycles. The molecule has 2 heterocycles. The predicted octanol–water partition coefficient (Wildman–Crippen LogP) is 5.97. The number of aromatic nitrogens is 3. The van der Waals surface area contributed by atoms with E-state index in [-0.39, 0.29) is 37.0 Å². The van der Waals surface area contributed by atoms with Gasteiger partial charge in [0, 0.05) is 16.5 Å². The molecule has 1 fully saturated rings. The molecule has 13 heteroatoms. The number of amides is 2. The minimum atomic E-state index is -0.514. The highest BCUT2D eigenvalue weighted by Gasteiger charge is 2.30. The van der Waals surface area contributed by atoms with Gasteiger partial charge in [0.05, 0.1) is 38.2 Å². The lowest BCUT2D eigenvalue weighted by Gasteiger charge is -2.26. The summed E-state index contributed by atoms with van der Waals surface area (Å²) in [5.74, 6) is 0.781.